The highest BCUT2D eigenvalue weighted by Crippen LogP contribution is 2.45. The Labute approximate surface area is 315 Å². The Kier molecular flexibility index (Phi) is 12.0. The van der Waals surface area contributed by atoms with Gasteiger partial charge in [0.15, 0.2) is 0 Å². The van der Waals surface area contributed by atoms with E-state index in [0.717, 1.165) is 98.0 Å². The number of benzene rings is 3. The molecule has 1 aliphatic heterocycles. The summed E-state index contributed by atoms with van der Waals surface area (Å²) in [5.41, 5.74) is 7.36. The molecule has 52 heavy (non-hydrogen) atoms. The summed E-state index contributed by atoms with van der Waals surface area (Å²) >= 11 is 14.0. The third kappa shape index (κ3) is 8.40. The first-order chi connectivity index (χ1) is 25.4. The lowest BCUT2D eigenvalue weighted by Crippen LogP contribution is -2.41. The lowest BCUT2D eigenvalue weighted by molar-refractivity contribution is 0.0903. The summed E-state index contributed by atoms with van der Waals surface area (Å²) in [6.07, 6.45) is 9.56. The van der Waals surface area contributed by atoms with Gasteiger partial charge in [0.1, 0.15) is 29.8 Å². The van der Waals surface area contributed by atoms with E-state index in [-0.39, 0.29) is 18.2 Å². The fourth-order valence-electron chi connectivity index (χ4n) is 7.91. The highest BCUT2D eigenvalue weighted by molar-refractivity contribution is 6.35. The molecule has 2 heterocycles. The molecule has 2 fully saturated rings. The zero-order valence-electron chi connectivity index (χ0n) is 29.3. The van der Waals surface area contributed by atoms with Gasteiger partial charge >= 0.3 is 0 Å². The molecular formula is C42H45Cl2FN4O3. The maximum absolute atomic E-state index is 13.5. The average Bonchev–Trinajstić information content (AvgIpc) is 3.58. The second kappa shape index (κ2) is 17.0. The van der Waals surface area contributed by atoms with E-state index in [2.05, 4.69) is 33.4 Å². The molecule has 0 unspecified atom stereocenters. The van der Waals surface area contributed by atoms with E-state index in [1.165, 1.54) is 5.56 Å². The van der Waals surface area contributed by atoms with Crippen LogP contribution in [0.4, 0.5) is 4.39 Å². The summed E-state index contributed by atoms with van der Waals surface area (Å²) < 4.78 is 26.4. The molecule has 0 amide bonds. The van der Waals surface area contributed by atoms with Gasteiger partial charge in [-0.15, -0.1) is 0 Å². The highest BCUT2D eigenvalue weighted by atomic mass is 35.5. The van der Waals surface area contributed by atoms with Gasteiger partial charge in [-0.05, 0) is 97.0 Å². The second-order valence-electron chi connectivity index (χ2n) is 14.2. The van der Waals surface area contributed by atoms with Crippen molar-refractivity contribution in [2.24, 2.45) is 0 Å². The first-order valence-corrected chi connectivity index (χ1v) is 19.3. The van der Waals surface area contributed by atoms with E-state index >= 15 is 0 Å². The van der Waals surface area contributed by atoms with Crippen LogP contribution in [0.5, 0.6) is 11.5 Å². The zero-order chi connectivity index (χ0) is 36.0. The molecule has 10 heteroatoms. The van der Waals surface area contributed by atoms with E-state index < -0.39 is 6.17 Å². The van der Waals surface area contributed by atoms with Gasteiger partial charge < -0.3 is 24.8 Å². The van der Waals surface area contributed by atoms with E-state index in [0.29, 0.717) is 53.1 Å². The van der Waals surface area contributed by atoms with Gasteiger partial charge in [-0.2, -0.15) is 5.26 Å². The number of ether oxygens (including phenoxy) is 2. The molecule has 4 aromatic rings. The number of hydrogen-bond donors (Lipinski definition) is 2. The van der Waals surface area contributed by atoms with Crippen LogP contribution >= 0.6 is 23.2 Å². The number of alkyl halides is 1. The molecular weight excluding hydrogens is 698 g/mol. The van der Waals surface area contributed by atoms with Crippen molar-refractivity contribution < 1.29 is 19.0 Å². The van der Waals surface area contributed by atoms with Gasteiger partial charge in [0, 0.05) is 55.7 Å². The number of fused-ring (bicyclic) bond motifs is 1. The van der Waals surface area contributed by atoms with Gasteiger partial charge in [0.25, 0.3) is 0 Å². The van der Waals surface area contributed by atoms with Crippen molar-refractivity contribution in [3.05, 3.63) is 99.3 Å². The number of nitriles is 1. The molecule has 0 spiro atoms. The lowest BCUT2D eigenvalue weighted by Gasteiger charge is -2.29. The summed E-state index contributed by atoms with van der Waals surface area (Å²) in [5.74, 6) is 1.22. The predicted molar refractivity (Wildman–Crippen MR) is 204 cm³/mol. The number of nitrogens with one attached hydrogen (secondary N) is 1. The maximum atomic E-state index is 13.5. The third-order valence-corrected chi connectivity index (χ3v) is 11.4. The van der Waals surface area contributed by atoms with E-state index in [1.807, 2.05) is 42.5 Å². The molecule has 2 N–H and O–H groups in total. The monoisotopic (exact) mass is 742 g/mol. The number of pyridine rings is 1. The molecule has 272 valence electrons. The SMILES string of the molecule is N#Cc1cncc(-c2cc(O[C@H]3CCc4c(-c5cccc(OCCCN6CCC(F)CC6)c5Cl)cccc43)c(Cl)cc2CN[C@@H]2CCCC[C@@H]2O)c1. The number of halogens is 3. The zero-order valence-corrected chi connectivity index (χ0v) is 30.8. The minimum Gasteiger partial charge on any atom is -0.492 e. The largest absolute Gasteiger partial charge is 0.492 e. The van der Waals surface area contributed by atoms with Crippen molar-refractivity contribution in [2.45, 2.75) is 88.8 Å². The van der Waals surface area contributed by atoms with Crippen LogP contribution in [0.2, 0.25) is 10.0 Å². The summed E-state index contributed by atoms with van der Waals surface area (Å²) in [6, 6.07) is 20.1. The Balaban J connectivity index is 1.09. The third-order valence-electron chi connectivity index (χ3n) is 10.8. The minimum absolute atomic E-state index is 0.0158. The van der Waals surface area contributed by atoms with Crippen molar-refractivity contribution in [1.29, 1.82) is 5.26 Å². The fraction of sp³-hybridized carbons (Fsp3) is 0.429. The number of piperidine rings is 1. The lowest BCUT2D eigenvalue weighted by atomic mass is 9.92. The van der Waals surface area contributed by atoms with Gasteiger partial charge in [-0.1, -0.05) is 66.4 Å². The number of aliphatic hydroxyl groups excluding tert-OH is 1. The number of likely N-dealkylation sites (tertiary alicyclic amines) is 1. The Morgan fingerprint density at radius 2 is 1.75 bits per heavy atom. The predicted octanol–water partition coefficient (Wildman–Crippen LogP) is 9.26. The number of hydrogen-bond acceptors (Lipinski definition) is 7. The Bertz CT molecular complexity index is 1910. The molecule has 7 rings (SSSR count). The highest BCUT2D eigenvalue weighted by Gasteiger charge is 2.29. The number of rotatable bonds is 12. The quantitative estimate of drug-likeness (QED) is 0.140. The minimum atomic E-state index is -0.667. The molecule has 0 bridgehead atoms. The van der Waals surface area contributed by atoms with Gasteiger partial charge in [-0.25, -0.2) is 4.39 Å². The van der Waals surface area contributed by atoms with Crippen molar-refractivity contribution in [3.8, 4) is 39.8 Å². The summed E-state index contributed by atoms with van der Waals surface area (Å²) in [7, 11) is 0. The Morgan fingerprint density at radius 1 is 0.942 bits per heavy atom. The molecule has 1 aromatic heterocycles. The normalized spacial score (nSPS) is 20.7. The molecule has 0 radical (unpaired) electrons. The average molecular weight is 744 g/mol. The van der Waals surface area contributed by atoms with Crippen LogP contribution in [0.15, 0.2) is 67.0 Å². The van der Waals surface area contributed by atoms with Crippen LogP contribution in [0.25, 0.3) is 22.3 Å². The number of aromatic nitrogens is 1. The van der Waals surface area contributed by atoms with Crippen LogP contribution in [0, 0.1) is 11.3 Å². The van der Waals surface area contributed by atoms with Crippen LogP contribution in [0.1, 0.15) is 79.7 Å². The Morgan fingerprint density at radius 3 is 2.58 bits per heavy atom. The van der Waals surface area contributed by atoms with Crippen molar-refractivity contribution in [1.82, 2.24) is 15.2 Å². The van der Waals surface area contributed by atoms with E-state index in [4.69, 9.17) is 32.7 Å². The first-order valence-electron chi connectivity index (χ1n) is 18.5. The Hall–Kier alpha value is -3.71. The molecule has 2 aliphatic carbocycles. The van der Waals surface area contributed by atoms with Gasteiger partial charge in [-0.3, -0.25) is 4.98 Å². The molecule has 3 atom stereocenters. The van der Waals surface area contributed by atoms with Gasteiger partial charge in [0.2, 0.25) is 0 Å². The number of aliphatic hydroxyl groups is 1. The van der Waals surface area contributed by atoms with Crippen molar-refractivity contribution in [2.75, 3.05) is 26.2 Å². The van der Waals surface area contributed by atoms with Crippen molar-refractivity contribution in [3.63, 3.8) is 0 Å². The molecule has 1 saturated carbocycles. The van der Waals surface area contributed by atoms with Crippen LogP contribution in [-0.4, -0.2) is 59.5 Å². The van der Waals surface area contributed by atoms with E-state index in [1.54, 1.807) is 12.4 Å². The summed E-state index contributed by atoms with van der Waals surface area (Å²) in [4.78, 5) is 6.63. The molecule has 3 aromatic carbocycles. The summed E-state index contributed by atoms with van der Waals surface area (Å²) in [5, 5.41) is 24.8. The van der Waals surface area contributed by atoms with Crippen LogP contribution in [0.3, 0.4) is 0 Å². The van der Waals surface area contributed by atoms with Gasteiger partial charge in [0.05, 0.1) is 28.3 Å². The fourth-order valence-corrected chi connectivity index (χ4v) is 8.42. The summed E-state index contributed by atoms with van der Waals surface area (Å²) in [6.45, 7) is 3.54. The van der Waals surface area contributed by atoms with Crippen LogP contribution in [-0.2, 0) is 13.0 Å². The molecule has 3 aliphatic rings. The molecule has 7 nitrogen and oxygen atoms in total. The van der Waals surface area contributed by atoms with Crippen LogP contribution < -0.4 is 14.8 Å². The maximum Gasteiger partial charge on any atom is 0.139 e. The standard InChI is InChI=1S/C42H45Cl2FN4O3/c43-36-21-29(26-48-37-9-1-2-10-38(37)50)35(28-20-27(23-46)24-47-25-28)22-41(36)52-39-13-12-32-31(6-3-7-33(32)39)34-8-4-11-40(42(34)44)51-19-5-16-49-17-14-30(45)15-18-49/h3-4,6-8,11,20-22,24-25,30,37-39,48,50H,1-2,5,9-10,12-19,26H2/t37-,38+,39+/m1/s1. The molecule has 1 saturated heterocycles. The topological polar surface area (TPSA) is 90.6 Å². The number of nitrogens with zero attached hydrogens (tertiary/aromatic N) is 3. The first kappa shape index (κ1) is 36.6. The van der Waals surface area contributed by atoms with E-state index in [9.17, 15) is 14.8 Å². The second-order valence-corrected chi connectivity index (χ2v) is 15.0. The smallest absolute Gasteiger partial charge is 0.139 e. The van der Waals surface area contributed by atoms with Crippen molar-refractivity contribution >= 4 is 23.2 Å².